The van der Waals surface area contributed by atoms with Crippen LogP contribution in [0.2, 0.25) is 0 Å². The van der Waals surface area contributed by atoms with Gasteiger partial charge in [0.2, 0.25) is 5.13 Å². The summed E-state index contributed by atoms with van der Waals surface area (Å²) in [4.78, 5) is 6.46. The number of benzene rings is 1. The Morgan fingerprint density at radius 3 is 2.65 bits per heavy atom. The van der Waals surface area contributed by atoms with Crippen molar-refractivity contribution in [2.45, 2.75) is 11.9 Å². The standard InChI is InChI=1S/C14H19N3OS2/c1-17(2)14-15-13(16-20-14)10-19-9-12(18-3)11-7-5-4-6-8-11/h4-8,12H,9-10H2,1-3H3. The minimum Gasteiger partial charge on any atom is -0.376 e. The second-order valence-electron chi connectivity index (χ2n) is 4.54. The van der Waals surface area contributed by atoms with Gasteiger partial charge in [-0.05, 0) is 5.56 Å². The van der Waals surface area contributed by atoms with Crippen molar-refractivity contribution in [3.63, 3.8) is 0 Å². The van der Waals surface area contributed by atoms with E-state index in [1.807, 2.05) is 37.2 Å². The molecule has 0 aliphatic rings. The molecule has 0 aliphatic carbocycles. The molecule has 0 aliphatic heterocycles. The maximum Gasteiger partial charge on any atom is 0.204 e. The summed E-state index contributed by atoms with van der Waals surface area (Å²) < 4.78 is 9.91. The molecular weight excluding hydrogens is 290 g/mol. The Balaban J connectivity index is 1.84. The van der Waals surface area contributed by atoms with Crippen molar-refractivity contribution in [3.05, 3.63) is 41.7 Å². The van der Waals surface area contributed by atoms with E-state index in [2.05, 4.69) is 21.5 Å². The molecule has 1 atom stereocenters. The molecule has 108 valence electrons. The highest BCUT2D eigenvalue weighted by molar-refractivity contribution is 7.98. The number of aromatic nitrogens is 2. The number of thioether (sulfide) groups is 1. The second-order valence-corrected chi connectivity index (χ2v) is 6.30. The van der Waals surface area contributed by atoms with Crippen LogP contribution in [0.4, 0.5) is 5.13 Å². The van der Waals surface area contributed by atoms with Crippen LogP contribution in [0, 0.1) is 0 Å². The zero-order valence-corrected chi connectivity index (χ0v) is 13.6. The average Bonchev–Trinajstić information content (AvgIpc) is 2.94. The molecule has 1 heterocycles. The van der Waals surface area contributed by atoms with Crippen molar-refractivity contribution in [3.8, 4) is 0 Å². The fourth-order valence-corrected chi connectivity index (χ4v) is 3.37. The summed E-state index contributed by atoms with van der Waals surface area (Å²) in [7, 11) is 5.71. The first-order chi connectivity index (χ1) is 9.70. The molecule has 20 heavy (non-hydrogen) atoms. The molecular formula is C14H19N3OS2. The Morgan fingerprint density at radius 1 is 1.30 bits per heavy atom. The molecule has 0 bridgehead atoms. The molecule has 0 radical (unpaired) electrons. The monoisotopic (exact) mass is 309 g/mol. The van der Waals surface area contributed by atoms with E-state index in [4.69, 9.17) is 4.74 Å². The van der Waals surface area contributed by atoms with Crippen LogP contribution in [0.25, 0.3) is 0 Å². The summed E-state index contributed by atoms with van der Waals surface area (Å²) in [6.07, 6.45) is 0.119. The normalized spacial score (nSPS) is 12.3. The summed E-state index contributed by atoms with van der Waals surface area (Å²) in [6, 6.07) is 10.3. The number of hydrogen-bond donors (Lipinski definition) is 0. The SMILES string of the molecule is COC(CSCc1nsc(N(C)C)n1)c1ccccc1. The number of anilines is 1. The average molecular weight is 309 g/mol. The first-order valence-electron chi connectivity index (χ1n) is 6.36. The van der Waals surface area contributed by atoms with Crippen LogP contribution in [0.3, 0.4) is 0 Å². The van der Waals surface area contributed by atoms with Gasteiger partial charge in [0.1, 0.15) is 0 Å². The van der Waals surface area contributed by atoms with Gasteiger partial charge < -0.3 is 9.64 Å². The van der Waals surface area contributed by atoms with Gasteiger partial charge in [0.05, 0.1) is 11.9 Å². The Bertz CT molecular complexity index is 516. The lowest BCUT2D eigenvalue weighted by atomic mass is 10.1. The maximum atomic E-state index is 5.55. The van der Waals surface area contributed by atoms with Gasteiger partial charge in [-0.1, -0.05) is 30.3 Å². The van der Waals surface area contributed by atoms with E-state index in [9.17, 15) is 0 Å². The Labute approximate surface area is 128 Å². The number of ether oxygens (including phenoxy) is 1. The van der Waals surface area contributed by atoms with Gasteiger partial charge in [0, 0.05) is 38.5 Å². The smallest absolute Gasteiger partial charge is 0.204 e. The molecule has 0 spiro atoms. The van der Waals surface area contributed by atoms with Crippen molar-refractivity contribution in [2.75, 3.05) is 31.9 Å². The maximum absolute atomic E-state index is 5.55. The van der Waals surface area contributed by atoms with Gasteiger partial charge in [-0.2, -0.15) is 16.1 Å². The van der Waals surface area contributed by atoms with E-state index in [1.165, 1.54) is 17.1 Å². The number of rotatable bonds is 7. The van der Waals surface area contributed by atoms with Crippen LogP contribution < -0.4 is 4.90 Å². The van der Waals surface area contributed by atoms with E-state index in [0.29, 0.717) is 0 Å². The fourth-order valence-electron chi connectivity index (χ4n) is 1.71. The number of hydrogen-bond acceptors (Lipinski definition) is 6. The van der Waals surface area contributed by atoms with Gasteiger partial charge in [0.15, 0.2) is 5.82 Å². The molecule has 4 nitrogen and oxygen atoms in total. The molecule has 0 saturated heterocycles. The highest BCUT2D eigenvalue weighted by Crippen LogP contribution is 2.24. The summed E-state index contributed by atoms with van der Waals surface area (Å²) in [6.45, 7) is 0. The molecule has 6 heteroatoms. The third kappa shape index (κ3) is 4.19. The lowest BCUT2D eigenvalue weighted by Crippen LogP contribution is -2.08. The Morgan fingerprint density at radius 2 is 2.05 bits per heavy atom. The summed E-state index contributed by atoms with van der Waals surface area (Å²) in [5, 5.41) is 0.951. The largest absolute Gasteiger partial charge is 0.376 e. The molecule has 1 aromatic heterocycles. The highest BCUT2D eigenvalue weighted by Gasteiger charge is 2.11. The van der Waals surface area contributed by atoms with E-state index < -0.39 is 0 Å². The molecule has 0 fully saturated rings. The number of methoxy groups -OCH3 is 1. The highest BCUT2D eigenvalue weighted by atomic mass is 32.2. The Kier molecular flexibility index (Phi) is 5.82. The van der Waals surface area contributed by atoms with Crippen molar-refractivity contribution >= 4 is 28.4 Å². The van der Waals surface area contributed by atoms with Crippen molar-refractivity contribution in [1.29, 1.82) is 0 Å². The van der Waals surface area contributed by atoms with Gasteiger partial charge in [-0.3, -0.25) is 0 Å². The topological polar surface area (TPSA) is 38.2 Å². The third-order valence-electron chi connectivity index (χ3n) is 2.80. The lowest BCUT2D eigenvalue weighted by molar-refractivity contribution is 0.123. The van der Waals surface area contributed by atoms with Crippen LogP contribution in [0.5, 0.6) is 0 Å². The second kappa shape index (κ2) is 7.61. The van der Waals surface area contributed by atoms with Gasteiger partial charge in [-0.25, -0.2) is 4.98 Å². The van der Waals surface area contributed by atoms with E-state index >= 15 is 0 Å². The van der Waals surface area contributed by atoms with Crippen molar-refractivity contribution < 1.29 is 4.74 Å². The Hall–Kier alpha value is -1.11. The zero-order chi connectivity index (χ0) is 14.4. The summed E-state index contributed by atoms with van der Waals surface area (Å²) in [5.74, 6) is 2.61. The molecule has 2 rings (SSSR count). The van der Waals surface area contributed by atoms with Crippen LogP contribution in [-0.2, 0) is 10.5 Å². The molecule has 1 aromatic carbocycles. The van der Waals surface area contributed by atoms with Gasteiger partial charge >= 0.3 is 0 Å². The number of nitrogens with zero attached hydrogens (tertiary/aromatic N) is 3. The van der Waals surface area contributed by atoms with Crippen molar-refractivity contribution in [1.82, 2.24) is 9.36 Å². The minimum atomic E-state index is 0.119. The minimum absolute atomic E-state index is 0.119. The van der Waals surface area contributed by atoms with Gasteiger partial charge in [0.25, 0.3) is 0 Å². The molecule has 2 aromatic rings. The van der Waals surface area contributed by atoms with Crippen LogP contribution in [0.15, 0.2) is 30.3 Å². The molecule has 1 unspecified atom stereocenters. The van der Waals surface area contributed by atoms with E-state index in [-0.39, 0.29) is 6.10 Å². The summed E-state index contributed by atoms with van der Waals surface area (Å²) in [5.41, 5.74) is 1.21. The zero-order valence-electron chi connectivity index (χ0n) is 11.9. The molecule has 0 saturated carbocycles. The quantitative estimate of drug-likeness (QED) is 0.785. The van der Waals surface area contributed by atoms with Crippen LogP contribution in [-0.4, -0.2) is 36.3 Å². The van der Waals surface area contributed by atoms with Crippen LogP contribution in [0.1, 0.15) is 17.5 Å². The van der Waals surface area contributed by atoms with Crippen LogP contribution >= 0.6 is 23.3 Å². The summed E-state index contributed by atoms with van der Waals surface area (Å²) >= 11 is 3.24. The molecule has 0 amide bonds. The van der Waals surface area contributed by atoms with E-state index in [1.54, 1.807) is 18.9 Å². The fraction of sp³-hybridized carbons (Fsp3) is 0.429. The molecule has 0 N–H and O–H groups in total. The van der Waals surface area contributed by atoms with Gasteiger partial charge in [-0.15, -0.1) is 0 Å². The third-order valence-corrected chi connectivity index (χ3v) is 4.72. The first-order valence-corrected chi connectivity index (χ1v) is 8.29. The van der Waals surface area contributed by atoms with E-state index in [0.717, 1.165) is 22.5 Å². The predicted octanol–water partition coefficient (Wildman–Crippen LogP) is 3.23. The predicted molar refractivity (Wildman–Crippen MR) is 86.6 cm³/mol. The first kappa shape index (κ1) is 15.3. The lowest BCUT2D eigenvalue weighted by Gasteiger charge is -2.14. The van der Waals surface area contributed by atoms with Crippen molar-refractivity contribution in [2.24, 2.45) is 0 Å².